The van der Waals surface area contributed by atoms with Crippen molar-refractivity contribution in [3.05, 3.63) is 138 Å². The van der Waals surface area contributed by atoms with Gasteiger partial charge in [-0.15, -0.1) is 0 Å². The second kappa shape index (κ2) is 9.90. The molecule has 0 aliphatic heterocycles. The normalized spacial score (nSPS) is 12.5. The van der Waals surface area contributed by atoms with Crippen LogP contribution in [0, 0.1) is 0 Å². The molecule has 2 unspecified atom stereocenters. The molecule has 32 heavy (non-hydrogen) atoms. The number of carbonyl (C=O) groups is 1. The third-order valence-electron chi connectivity index (χ3n) is 5.58. The summed E-state index contributed by atoms with van der Waals surface area (Å²) in [5.74, 6) is -0.221. The predicted molar refractivity (Wildman–Crippen MR) is 132 cm³/mol. The third kappa shape index (κ3) is 4.85. The topological polar surface area (TPSA) is 55.1 Å². The minimum atomic E-state index is -0.741. The highest BCUT2D eigenvalue weighted by atomic mass is 16.2. The number of nitrogens with two attached hydrogens (primary N) is 1. The van der Waals surface area contributed by atoms with Gasteiger partial charge in [-0.1, -0.05) is 122 Å². The Morgan fingerprint density at radius 2 is 1.19 bits per heavy atom. The summed E-state index contributed by atoms with van der Waals surface area (Å²) in [6.07, 6.45) is 1.80. The smallest absolute Gasteiger partial charge is 0.242 e. The first kappa shape index (κ1) is 21.3. The molecule has 2 atom stereocenters. The lowest BCUT2D eigenvalue weighted by Gasteiger charge is -2.23. The van der Waals surface area contributed by atoms with Gasteiger partial charge >= 0.3 is 0 Å². The number of hydrogen-bond acceptors (Lipinski definition) is 2. The van der Waals surface area contributed by atoms with E-state index in [9.17, 15) is 4.79 Å². The number of amides is 1. The molecule has 0 aliphatic rings. The van der Waals surface area contributed by atoms with Crippen LogP contribution in [0.15, 0.2) is 116 Å². The summed E-state index contributed by atoms with van der Waals surface area (Å²) in [5, 5.41) is 3.15. The molecule has 0 saturated heterocycles. The van der Waals surface area contributed by atoms with Gasteiger partial charge in [0.1, 0.15) is 6.04 Å². The first-order valence-corrected chi connectivity index (χ1v) is 10.6. The van der Waals surface area contributed by atoms with Crippen LogP contribution >= 0.6 is 0 Å². The molecule has 4 aromatic carbocycles. The van der Waals surface area contributed by atoms with Gasteiger partial charge in [-0.05, 0) is 33.4 Å². The van der Waals surface area contributed by atoms with E-state index in [4.69, 9.17) is 5.73 Å². The molecule has 0 heterocycles. The van der Waals surface area contributed by atoms with Gasteiger partial charge < -0.3 is 11.1 Å². The van der Waals surface area contributed by atoms with Gasteiger partial charge in [0.25, 0.3) is 0 Å². The lowest BCUT2D eigenvalue weighted by atomic mass is 9.95. The quantitative estimate of drug-likeness (QED) is 0.392. The van der Waals surface area contributed by atoms with Crippen molar-refractivity contribution < 1.29 is 4.79 Å². The van der Waals surface area contributed by atoms with Crippen LogP contribution in [-0.4, -0.2) is 5.91 Å². The Hall–Kier alpha value is -3.95. The van der Waals surface area contributed by atoms with Crippen LogP contribution in [0.1, 0.15) is 34.3 Å². The Morgan fingerprint density at radius 3 is 1.75 bits per heavy atom. The molecule has 4 aromatic rings. The fourth-order valence-corrected chi connectivity index (χ4v) is 3.73. The fraction of sp³-hybridized carbons (Fsp3) is 0.0690. The molecule has 0 aromatic heterocycles. The van der Waals surface area contributed by atoms with Crippen LogP contribution in [0.2, 0.25) is 0 Å². The monoisotopic (exact) mass is 418 g/mol. The zero-order valence-electron chi connectivity index (χ0n) is 17.8. The highest BCUT2D eigenvalue weighted by molar-refractivity contribution is 5.83. The molecular formula is C29H26N2O. The predicted octanol–water partition coefficient (Wildman–Crippen LogP) is 5.90. The first-order valence-electron chi connectivity index (χ1n) is 10.6. The van der Waals surface area contributed by atoms with E-state index in [1.54, 1.807) is 6.08 Å². The number of rotatable bonds is 7. The van der Waals surface area contributed by atoms with Crippen molar-refractivity contribution in [1.82, 2.24) is 5.32 Å². The molecule has 0 fully saturated rings. The van der Waals surface area contributed by atoms with Crippen molar-refractivity contribution in [2.24, 2.45) is 5.73 Å². The number of nitrogens with one attached hydrogen (secondary N) is 1. The van der Waals surface area contributed by atoms with Crippen molar-refractivity contribution in [1.29, 1.82) is 0 Å². The SMILES string of the molecule is C=Cc1ccc(C(NC(=O)C(N)c2ccccc2)c2ccc(-c3ccccc3)cc2)cc1. The lowest BCUT2D eigenvalue weighted by molar-refractivity contribution is -0.123. The van der Waals surface area contributed by atoms with Crippen LogP contribution in [0.4, 0.5) is 0 Å². The number of hydrogen-bond donors (Lipinski definition) is 2. The molecule has 0 radical (unpaired) electrons. The second-order valence-electron chi connectivity index (χ2n) is 7.69. The summed E-state index contributed by atoms with van der Waals surface area (Å²) >= 11 is 0. The van der Waals surface area contributed by atoms with E-state index >= 15 is 0 Å². The number of carbonyl (C=O) groups excluding carboxylic acids is 1. The zero-order valence-corrected chi connectivity index (χ0v) is 17.8. The van der Waals surface area contributed by atoms with E-state index < -0.39 is 6.04 Å². The summed E-state index contributed by atoms with van der Waals surface area (Å²) in [4.78, 5) is 13.1. The molecule has 158 valence electrons. The molecule has 1 amide bonds. The van der Waals surface area contributed by atoms with E-state index in [1.807, 2.05) is 72.8 Å². The van der Waals surface area contributed by atoms with E-state index in [0.717, 1.165) is 33.4 Å². The second-order valence-corrected chi connectivity index (χ2v) is 7.69. The minimum Gasteiger partial charge on any atom is -0.344 e. The van der Waals surface area contributed by atoms with Gasteiger partial charge in [-0.3, -0.25) is 4.79 Å². The van der Waals surface area contributed by atoms with Crippen LogP contribution < -0.4 is 11.1 Å². The Kier molecular flexibility index (Phi) is 6.59. The summed E-state index contributed by atoms with van der Waals surface area (Å²) in [6, 6.07) is 34.9. The molecule has 0 spiro atoms. The summed E-state index contributed by atoms with van der Waals surface area (Å²) in [6.45, 7) is 3.82. The Morgan fingerprint density at radius 1 is 0.688 bits per heavy atom. The Bertz CT molecular complexity index is 1170. The maximum Gasteiger partial charge on any atom is 0.242 e. The van der Waals surface area contributed by atoms with E-state index in [-0.39, 0.29) is 11.9 Å². The molecule has 3 nitrogen and oxygen atoms in total. The zero-order chi connectivity index (χ0) is 22.3. The Labute approximate surface area is 189 Å². The van der Waals surface area contributed by atoms with Crippen LogP contribution in [0.25, 0.3) is 17.2 Å². The molecular weight excluding hydrogens is 392 g/mol. The van der Waals surface area contributed by atoms with Crippen molar-refractivity contribution in [3.8, 4) is 11.1 Å². The average molecular weight is 419 g/mol. The molecule has 4 rings (SSSR count). The van der Waals surface area contributed by atoms with Crippen LogP contribution in [0.5, 0.6) is 0 Å². The fourth-order valence-electron chi connectivity index (χ4n) is 3.73. The first-order chi connectivity index (χ1) is 15.7. The molecule has 0 saturated carbocycles. The maximum absolute atomic E-state index is 13.1. The van der Waals surface area contributed by atoms with E-state index in [2.05, 4.69) is 48.3 Å². The highest BCUT2D eigenvalue weighted by Gasteiger charge is 2.22. The van der Waals surface area contributed by atoms with E-state index in [0.29, 0.717) is 0 Å². The Balaban J connectivity index is 1.64. The summed E-state index contributed by atoms with van der Waals surface area (Å²) in [5.41, 5.74) is 12.3. The molecule has 0 aliphatic carbocycles. The van der Waals surface area contributed by atoms with Crippen molar-refractivity contribution >= 4 is 12.0 Å². The van der Waals surface area contributed by atoms with Gasteiger partial charge in [-0.2, -0.15) is 0 Å². The molecule has 0 bridgehead atoms. The maximum atomic E-state index is 13.1. The lowest BCUT2D eigenvalue weighted by Crippen LogP contribution is -2.37. The van der Waals surface area contributed by atoms with Gasteiger partial charge in [0.15, 0.2) is 0 Å². The summed E-state index contributed by atoms with van der Waals surface area (Å²) < 4.78 is 0. The molecule has 3 N–H and O–H groups in total. The average Bonchev–Trinajstić information content (AvgIpc) is 2.88. The summed E-state index contributed by atoms with van der Waals surface area (Å²) in [7, 11) is 0. The van der Waals surface area contributed by atoms with Crippen LogP contribution in [0.3, 0.4) is 0 Å². The van der Waals surface area contributed by atoms with Crippen LogP contribution in [-0.2, 0) is 4.79 Å². The van der Waals surface area contributed by atoms with Gasteiger partial charge in [0, 0.05) is 0 Å². The minimum absolute atomic E-state index is 0.221. The van der Waals surface area contributed by atoms with Crippen molar-refractivity contribution in [2.45, 2.75) is 12.1 Å². The van der Waals surface area contributed by atoms with Gasteiger partial charge in [0.05, 0.1) is 6.04 Å². The third-order valence-corrected chi connectivity index (χ3v) is 5.58. The van der Waals surface area contributed by atoms with Crippen molar-refractivity contribution in [3.63, 3.8) is 0 Å². The van der Waals surface area contributed by atoms with E-state index in [1.165, 1.54) is 0 Å². The standard InChI is InChI=1S/C29H26N2O/c1-2-21-13-15-25(16-14-21)28(31-29(32)27(30)24-11-7-4-8-12-24)26-19-17-23(18-20-26)22-9-5-3-6-10-22/h2-20,27-28H,1,30H2,(H,31,32). The van der Waals surface area contributed by atoms with Crippen molar-refractivity contribution in [2.75, 3.05) is 0 Å². The largest absolute Gasteiger partial charge is 0.344 e. The molecule has 3 heteroatoms. The highest BCUT2D eigenvalue weighted by Crippen LogP contribution is 2.27. The van der Waals surface area contributed by atoms with Gasteiger partial charge in [0.2, 0.25) is 5.91 Å². The van der Waals surface area contributed by atoms with Gasteiger partial charge in [-0.25, -0.2) is 0 Å². The number of benzene rings is 4.